The van der Waals surface area contributed by atoms with Gasteiger partial charge in [-0.1, -0.05) is 6.07 Å². The van der Waals surface area contributed by atoms with Gasteiger partial charge in [0.25, 0.3) is 0 Å². The molecule has 0 aliphatic carbocycles. The molecule has 4 N–H and O–H groups in total. The molecule has 2 aromatic carbocycles. The van der Waals surface area contributed by atoms with Crippen LogP contribution >= 0.6 is 0 Å². The van der Waals surface area contributed by atoms with Crippen LogP contribution in [0.25, 0.3) is 0 Å². The Morgan fingerprint density at radius 1 is 1.14 bits per heavy atom. The minimum absolute atomic E-state index is 0.00926. The fourth-order valence-electron chi connectivity index (χ4n) is 4.04. The van der Waals surface area contributed by atoms with Crippen LogP contribution in [0, 0.1) is 0 Å². The monoisotopic (exact) mass is 499 g/mol. The van der Waals surface area contributed by atoms with E-state index in [9.17, 15) is 14.7 Å². The Labute approximate surface area is 210 Å². The van der Waals surface area contributed by atoms with E-state index in [1.54, 1.807) is 26.0 Å². The van der Waals surface area contributed by atoms with Gasteiger partial charge < -0.3 is 34.7 Å². The lowest BCUT2D eigenvalue weighted by Gasteiger charge is -2.24. The number of aliphatic hydroxyl groups is 1. The van der Waals surface area contributed by atoms with E-state index in [4.69, 9.17) is 18.9 Å². The van der Waals surface area contributed by atoms with Crippen molar-refractivity contribution < 1.29 is 33.6 Å². The third-order valence-corrected chi connectivity index (χ3v) is 5.71. The van der Waals surface area contributed by atoms with Gasteiger partial charge in [0.15, 0.2) is 11.5 Å². The van der Waals surface area contributed by atoms with E-state index >= 15 is 0 Å². The number of hydrogen-bond acceptors (Lipinski definition) is 8. The summed E-state index contributed by atoms with van der Waals surface area (Å²) in [6.07, 6.45) is -0.114. The number of anilines is 2. The first kappa shape index (κ1) is 25.6. The van der Waals surface area contributed by atoms with E-state index in [0.29, 0.717) is 56.3 Å². The van der Waals surface area contributed by atoms with Crippen molar-refractivity contribution in [2.75, 3.05) is 43.5 Å². The highest BCUT2D eigenvalue weighted by atomic mass is 16.6. The van der Waals surface area contributed by atoms with E-state index in [2.05, 4.69) is 16.0 Å². The zero-order valence-corrected chi connectivity index (χ0v) is 20.6. The normalized spacial score (nSPS) is 15.1. The molecular weight excluding hydrogens is 466 g/mol. The smallest absolute Gasteiger partial charge is 0.411 e. The van der Waals surface area contributed by atoms with Gasteiger partial charge in [0.1, 0.15) is 31.7 Å². The lowest BCUT2D eigenvalue weighted by molar-refractivity contribution is -0.116. The Kier molecular flexibility index (Phi) is 8.50. The number of rotatable bonds is 10. The topological polar surface area (TPSA) is 127 Å². The number of hydrogen-bond donors (Lipinski definition) is 4. The van der Waals surface area contributed by atoms with E-state index in [1.165, 1.54) is 0 Å². The maximum absolute atomic E-state index is 12.2. The second-order valence-corrected chi connectivity index (χ2v) is 8.99. The fourth-order valence-corrected chi connectivity index (χ4v) is 4.04. The second-order valence-electron chi connectivity index (χ2n) is 8.99. The van der Waals surface area contributed by atoms with Gasteiger partial charge in [-0.3, -0.25) is 10.1 Å². The Bertz CT molecular complexity index is 1090. The molecule has 10 nitrogen and oxygen atoms in total. The summed E-state index contributed by atoms with van der Waals surface area (Å²) in [5.41, 5.74) is 2.94. The van der Waals surface area contributed by atoms with Gasteiger partial charge in [0.2, 0.25) is 5.91 Å². The van der Waals surface area contributed by atoms with Crippen molar-refractivity contribution in [1.82, 2.24) is 5.32 Å². The summed E-state index contributed by atoms with van der Waals surface area (Å²) >= 11 is 0. The molecule has 0 fully saturated rings. The molecule has 2 aromatic rings. The summed E-state index contributed by atoms with van der Waals surface area (Å²) < 4.78 is 22.3. The minimum Gasteiger partial charge on any atom is -0.488 e. The van der Waals surface area contributed by atoms with Crippen LogP contribution in [0.4, 0.5) is 16.2 Å². The van der Waals surface area contributed by atoms with E-state index in [1.807, 2.05) is 18.2 Å². The number of carbonyl (C=O) groups is 2. The largest absolute Gasteiger partial charge is 0.488 e. The molecule has 2 aliphatic heterocycles. The predicted octanol–water partition coefficient (Wildman–Crippen LogP) is 2.87. The van der Waals surface area contributed by atoms with Crippen LogP contribution in [0.1, 0.15) is 31.4 Å². The Morgan fingerprint density at radius 3 is 2.75 bits per heavy atom. The van der Waals surface area contributed by atoms with Gasteiger partial charge in [0.05, 0.1) is 11.8 Å². The number of amides is 2. The molecule has 1 atom stereocenters. The van der Waals surface area contributed by atoms with Crippen molar-refractivity contribution in [2.45, 2.75) is 45.3 Å². The van der Waals surface area contributed by atoms with E-state index in [0.717, 1.165) is 29.0 Å². The Morgan fingerprint density at radius 2 is 1.94 bits per heavy atom. The summed E-state index contributed by atoms with van der Waals surface area (Å²) in [4.78, 5) is 24.0. The molecule has 2 amide bonds. The Hall–Kier alpha value is -3.50. The van der Waals surface area contributed by atoms with Crippen molar-refractivity contribution in [1.29, 1.82) is 0 Å². The summed E-state index contributed by atoms with van der Waals surface area (Å²) in [5.74, 6) is 1.87. The minimum atomic E-state index is -0.783. The molecule has 0 spiro atoms. The third-order valence-electron chi connectivity index (χ3n) is 5.71. The number of carbonyl (C=O) groups excluding carboxylic acids is 2. The van der Waals surface area contributed by atoms with Crippen LogP contribution in [0.3, 0.4) is 0 Å². The van der Waals surface area contributed by atoms with Crippen LogP contribution in [0.15, 0.2) is 30.3 Å². The maximum Gasteiger partial charge on any atom is 0.411 e. The first-order chi connectivity index (χ1) is 17.4. The molecular formula is C26H33N3O7. The quantitative estimate of drug-likeness (QED) is 0.368. The highest BCUT2D eigenvalue weighted by Crippen LogP contribution is 2.38. The summed E-state index contributed by atoms with van der Waals surface area (Å²) in [7, 11) is 0. The highest BCUT2D eigenvalue weighted by Gasteiger charge is 2.23. The van der Waals surface area contributed by atoms with Crippen LogP contribution < -0.4 is 30.2 Å². The first-order valence-electron chi connectivity index (χ1n) is 12.2. The van der Waals surface area contributed by atoms with Crippen LogP contribution in [0.2, 0.25) is 0 Å². The summed E-state index contributed by atoms with van der Waals surface area (Å²) in [5, 5.41) is 19.3. The van der Waals surface area contributed by atoms with Crippen LogP contribution in [0.5, 0.6) is 17.2 Å². The number of nitrogens with one attached hydrogen (secondary N) is 3. The molecule has 0 aromatic heterocycles. The van der Waals surface area contributed by atoms with Gasteiger partial charge >= 0.3 is 6.09 Å². The van der Waals surface area contributed by atoms with Gasteiger partial charge in [-0.2, -0.15) is 0 Å². The zero-order valence-electron chi connectivity index (χ0n) is 20.6. The first-order valence-corrected chi connectivity index (χ1v) is 12.2. The van der Waals surface area contributed by atoms with Crippen molar-refractivity contribution >= 4 is 23.4 Å². The molecule has 4 rings (SSSR count). The Balaban J connectivity index is 1.31. The van der Waals surface area contributed by atoms with Crippen molar-refractivity contribution in [3.63, 3.8) is 0 Å². The van der Waals surface area contributed by atoms with Gasteiger partial charge in [0, 0.05) is 24.2 Å². The van der Waals surface area contributed by atoms with E-state index < -0.39 is 12.2 Å². The number of aliphatic hydroxyl groups excluding tert-OH is 1. The fraction of sp³-hybridized carbons (Fsp3) is 0.462. The van der Waals surface area contributed by atoms with Crippen LogP contribution in [-0.4, -0.2) is 62.2 Å². The van der Waals surface area contributed by atoms with Crippen molar-refractivity contribution in [3.05, 3.63) is 41.5 Å². The zero-order chi connectivity index (χ0) is 25.5. The molecule has 10 heteroatoms. The number of ether oxygens (including phenoxy) is 4. The molecule has 2 heterocycles. The molecule has 2 aliphatic rings. The highest BCUT2D eigenvalue weighted by molar-refractivity contribution is 5.96. The van der Waals surface area contributed by atoms with E-state index in [-0.39, 0.29) is 18.6 Å². The third kappa shape index (κ3) is 6.79. The van der Waals surface area contributed by atoms with Gasteiger partial charge in [-0.25, -0.2) is 4.79 Å². The molecule has 1 unspecified atom stereocenters. The predicted molar refractivity (Wildman–Crippen MR) is 134 cm³/mol. The molecule has 0 saturated carbocycles. The van der Waals surface area contributed by atoms with Crippen LogP contribution in [-0.2, 0) is 22.4 Å². The second kappa shape index (κ2) is 12.0. The SMILES string of the molecule is CC(C)OC(=O)Nc1ccc2c(c1OCC(O)CNCCc1ccc3c(c1)OCCO3)CCC(=O)N2. The average Bonchev–Trinajstić information content (AvgIpc) is 2.85. The summed E-state index contributed by atoms with van der Waals surface area (Å²) in [6.45, 7) is 5.64. The lowest BCUT2D eigenvalue weighted by Crippen LogP contribution is -2.33. The van der Waals surface area contributed by atoms with Crippen molar-refractivity contribution in [2.24, 2.45) is 0 Å². The molecule has 0 bridgehead atoms. The van der Waals surface area contributed by atoms with Crippen molar-refractivity contribution in [3.8, 4) is 17.2 Å². The molecule has 0 saturated heterocycles. The standard InChI is InChI=1S/C26H33N3O7/c1-16(2)36-26(32)29-21-6-5-20-19(4-8-24(31)28-20)25(21)35-15-18(30)14-27-10-9-17-3-7-22-23(13-17)34-12-11-33-22/h3,5-7,13,16,18,27,30H,4,8-12,14-15H2,1-2H3,(H,28,31)(H,29,32). The maximum atomic E-state index is 12.2. The average molecular weight is 500 g/mol. The number of fused-ring (bicyclic) bond motifs is 2. The molecule has 194 valence electrons. The molecule has 36 heavy (non-hydrogen) atoms. The molecule has 0 radical (unpaired) electrons. The van der Waals surface area contributed by atoms with Gasteiger partial charge in [-0.05, 0) is 63.1 Å². The summed E-state index contributed by atoms with van der Waals surface area (Å²) in [6, 6.07) is 9.27. The number of benzene rings is 2. The lowest BCUT2D eigenvalue weighted by atomic mass is 10.0. The van der Waals surface area contributed by atoms with Gasteiger partial charge in [-0.15, -0.1) is 0 Å².